The van der Waals surface area contributed by atoms with Crippen LogP contribution in [0.3, 0.4) is 0 Å². The van der Waals surface area contributed by atoms with E-state index in [4.69, 9.17) is 13.9 Å². The number of hydrogen-bond acceptors (Lipinski definition) is 6. The van der Waals surface area contributed by atoms with Crippen molar-refractivity contribution in [1.29, 1.82) is 0 Å². The average molecular weight is 460 g/mol. The molecule has 1 amide bonds. The summed E-state index contributed by atoms with van der Waals surface area (Å²) >= 11 is 0. The second kappa shape index (κ2) is 10.3. The van der Waals surface area contributed by atoms with E-state index in [0.29, 0.717) is 0 Å². The van der Waals surface area contributed by atoms with Crippen molar-refractivity contribution >= 4 is 26.2 Å². The molecule has 174 valence electrons. The Balaban J connectivity index is 1.98. The van der Waals surface area contributed by atoms with Crippen LogP contribution in [0.4, 0.5) is 0 Å². The van der Waals surface area contributed by atoms with Crippen molar-refractivity contribution in [2.45, 2.75) is 77.4 Å². The summed E-state index contributed by atoms with van der Waals surface area (Å²) in [5, 5.41) is 0. The zero-order chi connectivity index (χ0) is 23.3. The highest BCUT2D eigenvalue weighted by Gasteiger charge is 2.52. The van der Waals surface area contributed by atoms with E-state index < -0.39 is 32.2 Å². The first-order valence-electron chi connectivity index (χ1n) is 11.4. The first kappa shape index (κ1) is 24.0. The fourth-order valence-electron chi connectivity index (χ4n) is 4.21. The molecule has 0 saturated heterocycles. The van der Waals surface area contributed by atoms with Gasteiger partial charge in [-0.25, -0.2) is 9.59 Å². The van der Waals surface area contributed by atoms with Gasteiger partial charge >= 0.3 is 11.9 Å². The molecule has 7 nitrogen and oxygen atoms in total. The summed E-state index contributed by atoms with van der Waals surface area (Å²) in [4.78, 5) is 41.4. The van der Waals surface area contributed by atoms with Crippen molar-refractivity contribution in [2.24, 2.45) is 0 Å². The third kappa shape index (κ3) is 5.59. The molecule has 0 N–H and O–H groups in total. The number of ether oxygens (including phenoxy) is 2. The van der Waals surface area contributed by atoms with Crippen LogP contribution in [0.15, 0.2) is 41.7 Å². The van der Waals surface area contributed by atoms with Gasteiger partial charge in [-0.1, -0.05) is 49.6 Å². The number of esters is 2. The van der Waals surface area contributed by atoms with Gasteiger partial charge < -0.3 is 18.8 Å². The standard InChI is InChI=1S/C24H33NO6Si/c1-5-29-23(27)19-20(24(28)30-16-17-12-8-6-9-13-17)25(18-14-10-7-11-15-18)22(26)21(19)31-32(2,3)4/h6,8-9,12-13,18,20H,5,7,10-11,14-16H2,1-4H3. The number of carbonyl (C=O) groups excluding carboxylic acids is 3. The van der Waals surface area contributed by atoms with Gasteiger partial charge in [0.1, 0.15) is 12.2 Å². The maximum atomic E-state index is 13.5. The molecule has 1 fully saturated rings. The number of hydrogen-bond donors (Lipinski definition) is 0. The molecule has 0 aromatic heterocycles. The fourth-order valence-corrected chi connectivity index (χ4v) is 5.02. The Kier molecular flexibility index (Phi) is 7.76. The molecule has 1 heterocycles. The number of nitrogens with zero attached hydrogens (tertiary/aromatic N) is 1. The summed E-state index contributed by atoms with van der Waals surface area (Å²) in [5.41, 5.74) is 0.803. The first-order chi connectivity index (χ1) is 15.2. The zero-order valence-electron chi connectivity index (χ0n) is 19.4. The van der Waals surface area contributed by atoms with E-state index >= 15 is 0 Å². The van der Waals surface area contributed by atoms with Crippen LogP contribution < -0.4 is 0 Å². The van der Waals surface area contributed by atoms with Crippen molar-refractivity contribution in [3.63, 3.8) is 0 Å². The van der Waals surface area contributed by atoms with Gasteiger partial charge in [0.05, 0.1) is 6.61 Å². The largest absolute Gasteiger partial charge is 0.540 e. The number of amides is 1. The third-order valence-corrected chi connectivity index (χ3v) is 6.36. The summed E-state index contributed by atoms with van der Waals surface area (Å²) < 4.78 is 16.9. The molecule has 32 heavy (non-hydrogen) atoms. The second-order valence-corrected chi connectivity index (χ2v) is 13.6. The lowest BCUT2D eigenvalue weighted by Crippen LogP contribution is -2.49. The van der Waals surface area contributed by atoms with Crippen LogP contribution in [-0.4, -0.2) is 49.8 Å². The van der Waals surface area contributed by atoms with Crippen LogP contribution in [0.1, 0.15) is 44.6 Å². The van der Waals surface area contributed by atoms with Crippen molar-refractivity contribution in [1.82, 2.24) is 4.90 Å². The number of carbonyl (C=O) groups is 3. The van der Waals surface area contributed by atoms with E-state index in [2.05, 4.69) is 0 Å². The summed E-state index contributed by atoms with van der Waals surface area (Å²) in [5.74, 6) is -1.79. The molecule has 0 spiro atoms. The van der Waals surface area contributed by atoms with Crippen molar-refractivity contribution in [2.75, 3.05) is 6.61 Å². The number of benzene rings is 1. The molecule has 1 atom stereocenters. The normalized spacial score (nSPS) is 19.8. The Bertz CT molecular complexity index is 870. The van der Waals surface area contributed by atoms with Gasteiger partial charge in [0.2, 0.25) is 8.32 Å². The fraction of sp³-hybridized carbons (Fsp3) is 0.542. The highest BCUT2D eigenvalue weighted by Crippen LogP contribution is 2.36. The molecule has 1 aliphatic heterocycles. The second-order valence-electron chi connectivity index (χ2n) is 9.18. The molecule has 2 aliphatic rings. The molecule has 8 heteroatoms. The molecular weight excluding hydrogens is 426 g/mol. The van der Waals surface area contributed by atoms with Crippen molar-refractivity contribution in [3.8, 4) is 0 Å². The maximum Gasteiger partial charge on any atom is 0.340 e. The highest BCUT2D eigenvalue weighted by atomic mass is 28.4. The summed E-state index contributed by atoms with van der Waals surface area (Å²) in [7, 11) is -2.25. The molecule has 0 bridgehead atoms. The quantitative estimate of drug-likeness (QED) is 0.433. The zero-order valence-corrected chi connectivity index (χ0v) is 20.4. The minimum atomic E-state index is -2.25. The summed E-state index contributed by atoms with van der Waals surface area (Å²) in [6, 6.07) is 8.02. The van der Waals surface area contributed by atoms with E-state index in [9.17, 15) is 14.4 Å². The van der Waals surface area contributed by atoms with E-state index in [-0.39, 0.29) is 30.6 Å². The van der Waals surface area contributed by atoms with Crippen LogP contribution in [0, 0.1) is 0 Å². The van der Waals surface area contributed by atoms with Crippen LogP contribution in [0.2, 0.25) is 19.6 Å². The molecule has 1 unspecified atom stereocenters. The van der Waals surface area contributed by atoms with Gasteiger partial charge in [0.15, 0.2) is 11.8 Å². The Labute approximate surface area is 190 Å². The average Bonchev–Trinajstić information content (AvgIpc) is 3.04. The van der Waals surface area contributed by atoms with Crippen LogP contribution in [0.25, 0.3) is 0 Å². The van der Waals surface area contributed by atoms with Crippen molar-refractivity contribution in [3.05, 3.63) is 47.2 Å². The molecule has 1 aromatic carbocycles. The molecule has 3 rings (SSSR count). The van der Waals surface area contributed by atoms with Gasteiger partial charge in [-0.3, -0.25) is 4.79 Å². The summed E-state index contributed by atoms with van der Waals surface area (Å²) in [6.45, 7) is 7.68. The minimum Gasteiger partial charge on any atom is -0.540 e. The van der Waals surface area contributed by atoms with Crippen LogP contribution in [0.5, 0.6) is 0 Å². The molecule has 1 saturated carbocycles. The molecular formula is C24H33NO6Si. The van der Waals surface area contributed by atoms with Gasteiger partial charge in [0, 0.05) is 6.04 Å². The van der Waals surface area contributed by atoms with E-state index in [1.807, 2.05) is 50.0 Å². The van der Waals surface area contributed by atoms with Crippen molar-refractivity contribution < 1.29 is 28.3 Å². The Hall–Kier alpha value is -2.61. The molecule has 0 radical (unpaired) electrons. The Morgan fingerprint density at radius 1 is 1.03 bits per heavy atom. The van der Waals surface area contributed by atoms with Crippen LogP contribution in [-0.2, 0) is 34.9 Å². The van der Waals surface area contributed by atoms with Gasteiger partial charge in [-0.15, -0.1) is 0 Å². The van der Waals surface area contributed by atoms with Gasteiger partial charge in [-0.05, 0) is 45.0 Å². The first-order valence-corrected chi connectivity index (χ1v) is 14.8. The lowest BCUT2D eigenvalue weighted by Gasteiger charge is -2.35. The predicted octanol–water partition coefficient (Wildman–Crippen LogP) is 3.94. The van der Waals surface area contributed by atoms with E-state index in [0.717, 1.165) is 37.7 Å². The predicted molar refractivity (Wildman–Crippen MR) is 122 cm³/mol. The smallest absolute Gasteiger partial charge is 0.340 e. The van der Waals surface area contributed by atoms with Crippen LogP contribution >= 0.6 is 0 Å². The Morgan fingerprint density at radius 2 is 1.69 bits per heavy atom. The number of rotatable bonds is 8. The monoisotopic (exact) mass is 459 g/mol. The lowest BCUT2D eigenvalue weighted by atomic mass is 9.93. The topological polar surface area (TPSA) is 82.1 Å². The third-order valence-electron chi connectivity index (χ3n) is 5.54. The molecule has 1 aromatic rings. The van der Waals surface area contributed by atoms with E-state index in [1.165, 1.54) is 4.90 Å². The van der Waals surface area contributed by atoms with E-state index in [1.54, 1.807) is 6.92 Å². The highest BCUT2D eigenvalue weighted by molar-refractivity contribution is 6.70. The van der Waals surface area contributed by atoms with Gasteiger partial charge in [0.25, 0.3) is 5.91 Å². The minimum absolute atomic E-state index is 0.0251. The van der Waals surface area contributed by atoms with Gasteiger partial charge in [-0.2, -0.15) is 0 Å². The SMILES string of the molecule is CCOC(=O)C1=C(O[Si](C)(C)C)C(=O)N(C2CCCCC2)C1C(=O)OCc1ccccc1. The summed E-state index contributed by atoms with van der Waals surface area (Å²) in [6.07, 6.45) is 4.60. The maximum absolute atomic E-state index is 13.5. The lowest BCUT2D eigenvalue weighted by molar-refractivity contribution is -0.156. The molecule has 1 aliphatic carbocycles. The Morgan fingerprint density at radius 3 is 2.28 bits per heavy atom.